The Balaban J connectivity index is 2.02. The minimum absolute atomic E-state index is 0.294. The third-order valence-corrected chi connectivity index (χ3v) is 5.73. The SMILES string of the molecule is COc1ccc(C2([C@@H](C[N+](=O)[O-])c3ccccc3)C(=O)c3ccccc3C2=O)cc1. The van der Waals surface area contributed by atoms with Gasteiger partial charge in [0.25, 0.3) is 0 Å². The molecule has 0 unspecified atom stereocenters. The zero-order valence-electron chi connectivity index (χ0n) is 16.3. The molecule has 6 nitrogen and oxygen atoms in total. The van der Waals surface area contributed by atoms with Crippen molar-refractivity contribution in [2.75, 3.05) is 13.7 Å². The predicted molar refractivity (Wildman–Crippen MR) is 111 cm³/mol. The van der Waals surface area contributed by atoms with E-state index in [4.69, 9.17) is 4.74 Å². The van der Waals surface area contributed by atoms with Gasteiger partial charge in [0, 0.05) is 16.1 Å². The normalized spacial score (nSPS) is 15.5. The number of carbonyl (C=O) groups is 2. The molecule has 0 heterocycles. The van der Waals surface area contributed by atoms with Crippen molar-refractivity contribution in [3.05, 3.63) is 111 Å². The monoisotopic (exact) mass is 401 g/mol. The Morgan fingerprint density at radius 2 is 1.40 bits per heavy atom. The molecule has 3 aromatic carbocycles. The number of carbonyl (C=O) groups excluding carboxylic acids is 2. The Morgan fingerprint density at radius 3 is 1.90 bits per heavy atom. The zero-order chi connectivity index (χ0) is 21.3. The molecule has 3 aromatic rings. The summed E-state index contributed by atoms with van der Waals surface area (Å²) in [5.41, 5.74) is -0.139. The first kappa shape index (κ1) is 19.5. The highest BCUT2D eigenvalue weighted by atomic mass is 16.6. The topological polar surface area (TPSA) is 86.5 Å². The first-order chi connectivity index (χ1) is 14.5. The molecule has 0 saturated carbocycles. The molecule has 1 atom stereocenters. The Morgan fingerprint density at radius 1 is 0.867 bits per heavy atom. The van der Waals surface area contributed by atoms with E-state index in [0.29, 0.717) is 28.0 Å². The maximum Gasteiger partial charge on any atom is 0.212 e. The van der Waals surface area contributed by atoms with Crippen molar-refractivity contribution < 1.29 is 19.2 Å². The number of fused-ring (bicyclic) bond motifs is 1. The number of nitrogens with zero attached hydrogens (tertiary/aromatic N) is 1. The lowest BCUT2D eigenvalue weighted by Crippen LogP contribution is -2.46. The second kappa shape index (κ2) is 7.55. The number of ether oxygens (including phenoxy) is 1. The average molecular weight is 401 g/mol. The second-order valence-electron chi connectivity index (χ2n) is 7.22. The van der Waals surface area contributed by atoms with Gasteiger partial charge in [-0.2, -0.15) is 0 Å². The van der Waals surface area contributed by atoms with Crippen LogP contribution in [0, 0.1) is 10.1 Å². The molecule has 0 spiro atoms. The van der Waals surface area contributed by atoms with Crippen LogP contribution in [-0.2, 0) is 5.41 Å². The van der Waals surface area contributed by atoms with Crippen LogP contribution in [0.4, 0.5) is 0 Å². The van der Waals surface area contributed by atoms with E-state index in [-0.39, 0.29) is 0 Å². The van der Waals surface area contributed by atoms with Crippen molar-refractivity contribution in [2.24, 2.45) is 0 Å². The summed E-state index contributed by atoms with van der Waals surface area (Å²) in [6.45, 7) is -0.554. The van der Waals surface area contributed by atoms with Crippen molar-refractivity contribution in [3.63, 3.8) is 0 Å². The molecule has 1 aliphatic rings. The molecule has 30 heavy (non-hydrogen) atoms. The van der Waals surface area contributed by atoms with Gasteiger partial charge in [-0.3, -0.25) is 19.7 Å². The first-order valence-corrected chi connectivity index (χ1v) is 9.50. The maximum atomic E-state index is 13.8. The molecule has 0 saturated heterocycles. The van der Waals surface area contributed by atoms with Gasteiger partial charge in [0.1, 0.15) is 11.2 Å². The van der Waals surface area contributed by atoms with Crippen LogP contribution in [-0.4, -0.2) is 30.1 Å². The number of rotatable bonds is 6. The molecule has 6 heteroatoms. The summed E-state index contributed by atoms with van der Waals surface area (Å²) < 4.78 is 5.21. The molecule has 0 N–H and O–H groups in total. The first-order valence-electron chi connectivity index (χ1n) is 9.50. The summed E-state index contributed by atoms with van der Waals surface area (Å²) in [6.07, 6.45) is 0. The van der Waals surface area contributed by atoms with E-state index in [1.807, 2.05) is 0 Å². The van der Waals surface area contributed by atoms with Crippen LogP contribution in [0.2, 0.25) is 0 Å². The Kier molecular flexibility index (Phi) is 4.91. The van der Waals surface area contributed by atoms with E-state index >= 15 is 0 Å². The van der Waals surface area contributed by atoms with Crippen LogP contribution >= 0.6 is 0 Å². The molecular weight excluding hydrogens is 382 g/mol. The van der Waals surface area contributed by atoms with Crippen LogP contribution in [0.1, 0.15) is 37.8 Å². The van der Waals surface area contributed by atoms with E-state index in [2.05, 4.69) is 0 Å². The van der Waals surface area contributed by atoms with Gasteiger partial charge >= 0.3 is 0 Å². The summed E-state index contributed by atoms with van der Waals surface area (Å²) in [7, 11) is 1.52. The van der Waals surface area contributed by atoms with Crippen molar-refractivity contribution in [2.45, 2.75) is 11.3 Å². The van der Waals surface area contributed by atoms with Gasteiger partial charge in [0.05, 0.1) is 13.0 Å². The third-order valence-electron chi connectivity index (χ3n) is 5.73. The molecule has 0 amide bonds. The summed E-state index contributed by atoms with van der Waals surface area (Å²) >= 11 is 0. The number of nitro groups is 1. The van der Waals surface area contributed by atoms with Crippen molar-refractivity contribution in [3.8, 4) is 5.75 Å². The summed E-state index contributed by atoms with van der Waals surface area (Å²) in [5.74, 6) is -1.22. The molecule has 0 fully saturated rings. The van der Waals surface area contributed by atoms with Gasteiger partial charge < -0.3 is 4.74 Å². The molecule has 0 bridgehead atoms. The minimum Gasteiger partial charge on any atom is -0.497 e. The lowest BCUT2D eigenvalue weighted by molar-refractivity contribution is -0.484. The Hall–Kier alpha value is -3.80. The van der Waals surface area contributed by atoms with Crippen LogP contribution in [0.5, 0.6) is 5.75 Å². The van der Waals surface area contributed by atoms with Crippen LogP contribution in [0.15, 0.2) is 78.9 Å². The lowest BCUT2D eigenvalue weighted by atomic mass is 9.64. The predicted octanol–water partition coefficient (Wildman–Crippen LogP) is 4.07. The summed E-state index contributed by atoms with van der Waals surface area (Å²) in [5, 5.41) is 11.7. The Labute approximate surface area is 173 Å². The van der Waals surface area contributed by atoms with E-state index in [1.54, 1.807) is 78.9 Å². The smallest absolute Gasteiger partial charge is 0.212 e. The molecule has 0 aromatic heterocycles. The van der Waals surface area contributed by atoms with E-state index in [0.717, 1.165) is 0 Å². The number of hydrogen-bond donors (Lipinski definition) is 0. The van der Waals surface area contributed by atoms with Crippen molar-refractivity contribution in [1.82, 2.24) is 0 Å². The Bertz CT molecular complexity index is 1090. The molecular formula is C24H19NO5. The summed E-state index contributed by atoms with van der Waals surface area (Å²) in [6, 6.07) is 22.0. The van der Waals surface area contributed by atoms with Gasteiger partial charge in [-0.25, -0.2) is 0 Å². The minimum atomic E-state index is -1.72. The fraction of sp³-hybridized carbons (Fsp3) is 0.167. The lowest BCUT2D eigenvalue weighted by Gasteiger charge is -2.33. The fourth-order valence-corrected chi connectivity index (χ4v) is 4.37. The molecule has 0 radical (unpaired) electrons. The van der Waals surface area contributed by atoms with Gasteiger partial charge in [-0.05, 0) is 23.3 Å². The standard InChI is InChI=1S/C24H19NO5/c1-30-18-13-11-17(12-14-18)24(21(15-25(28)29)16-7-3-2-4-8-16)22(26)19-9-5-6-10-20(19)23(24)27/h2-14,21H,15H2,1H3/t21-/m0/s1. The van der Waals surface area contributed by atoms with Crippen LogP contribution < -0.4 is 4.74 Å². The van der Waals surface area contributed by atoms with Crippen molar-refractivity contribution in [1.29, 1.82) is 0 Å². The van der Waals surface area contributed by atoms with Gasteiger partial charge in [-0.15, -0.1) is 0 Å². The summed E-state index contributed by atoms with van der Waals surface area (Å²) in [4.78, 5) is 38.8. The van der Waals surface area contributed by atoms with E-state index in [1.165, 1.54) is 7.11 Å². The molecule has 150 valence electrons. The number of ketones is 2. The van der Waals surface area contributed by atoms with Crippen LogP contribution in [0.3, 0.4) is 0 Å². The number of benzene rings is 3. The maximum absolute atomic E-state index is 13.8. The quantitative estimate of drug-likeness (QED) is 0.353. The van der Waals surface area contributed by atoms with Gasteiger partial charge in [0.2, 0.25) is 6.54 Å². The highest BCUT2D eigenvalue weighted by Gasteiger charge is 2.60. The van der Waals surface area contributed by atoms with Crippen molar-refractivity contribution >= 4 is 11.6 Å². The van der Waals surface area contributed by atoms with Gasteiger partial charge in [0.15, 0.2) is 11.6 Å². The molecule has 1 aliphatic carbocycles. The fourth-order valence-electron chi connectivity index (χ4n) is 4.37. The second-order valence-corrected chi connectivity index (χ2v) is 7.22. The average Bonchev–Trinajstić information content (AvgIpc) is 3.01. The number of Topliss-reactive ketones (excluding diaryl/α,β-unsaturated/α-hetero) is 2. The number of methoxy groups -OCH3 is 1. The molecule has 0 aliphatic heterocycles. The van der Waals surface area contributed by atoms with Crippen LogP contribution in [0.25, 0.3) is 0 Å². The van der Waals surface area contributed by atoms with Gasteiger partial charge in [-0.1, -0.05) is 66.7 Å². The zero-order valence-corrected chi connectivity index (χ0v) is 16.3. The van der Waals surface area contributed by atoms with E-state index in [9.17, 15) is 19.7 Å². The number of hydrogen-bond acceptors (Lipinski definition) is 5. The van der Waals surface area contributed by atoms with E-state index < -0.39 is 34.4 Å². The third kappa shape index (κ3) is 2.88. The highest BCUT2D eigenvalue weighted by Crippen LogP contribution is 2.49. The molecule has 4 rings (SSSR count). The largest absolute Gasteiger partial charge is 0.497 e. The highest BCUT2D eigenvalue weighted by molar-refractivity contribution is 6.33.